The van der Waals surface area contributed by atoms with Crippen LogP contribution in [0.1, 0.15) is 37.5 Å². The highest BCUT2D eigenvalue weighted by Crippen LogP contribution is 2.23. The first-order valence-electron chi connectivity index (χ1n) is 11.6. The smallest absolute Gasteiger partial charge is 0.408 e. The Balaban J connectivity index is 2.07. The second-order valence-corrected chi connectivity index (χ2v) is 9.66. The van der Waals surface area contributed by atoms with E-state index in [0.717, 1.165) is 16.7 Å². The summed E-state index contributed by atoms with van der Waals surface area (Å²) in [5.74, 6) is -1.34. The fourth-order valence-electron chi connectivity index (χ4n) is 3.76. The molecule has 0 saturated carbocycles. The maximum atomic E-state index is 12.0. The first-order chi connectivity index (χ1) is 16.1. The van der Waals surface area contributed by atoms with E-state index >= 15 is 0 Å². The molecule has 0 aliphatic carbocycles. The summed E-state index contributed by atoms with van der Waals surface area (Å²) in [6.45, 7) is 7.16. The van der Waals surface area contributed by atoms with Crippen molar-refractivity contribution in [1.29, 1.82) is 0 Å². The number of amides is 1. The quantitative estimate of drug-likeness (QED) is 0.432. The molecule has 0 aromatic heterocycles. The summed E-state index contributed by atoms with van der Waals surface area (Å²) in [7, 11) is 0. The zero-order valence-corrected chi connectivity index (χ0v) is 20.5. The van der Waals surface area contributed by atoms with Crippen LogP contribution in [0.25, 0.3) is 0 Å². The van der Waals surface area contributed by atoms with Crippen molar-refractivity contribution in [3.05, 3.63) is 71.3 Å². The highest BCUT2D eigenvalue weighted by molar-refractivity contribution is 5.80. The van der Waals surface area contributed by atoms with Crippen LogP contribution in [0, 0.1) is 18.8 Å². The fourth-order valence-corrected chi connectivity index (χ4v) is 3.76. The number of carbonyl (C=O) groups is 2. The number of carboxylic acid groups (broad SMARTS) is 1. The van der Waals surface area contributed by atoms with E-state index in [4.69, 9.17) is 9.47 Å². The van der Waals surface area contributed by atoms with Crippen molar-refractivity contribution in [2.45, 2.75) is 52.2 Å². The lowest BCUT2D eigenvalue weighted by atomic mass is 9.83. The number of aryl methyl sites for hydroxylation is 1. The molecule has 7 heteroatoms. The third kappa shape index (κ3) is 9.93. The first kappa shape index (κ1) is 27.3. The van der Waals surface area contributed by atoms with Crippen LogP contribution in [0.3, 0.4) is 0 Å². The monoisotopic (exact) mass is 471 g/mol. The Kier molecular flexibility index (Phi) is 10.5. The number of hydrogen-bond acceptors (Lipinski definition) is 5. The maximum absolute atomic E-state index is 12.0. The van der Waals surface area contributed by atoms with Crippen LogP contribution in [-0.4, -0.2) is 53.7 Å². The molecule has 1 unspecified atom stereocenters. The van der Waals surface area contributed by atoms with Crippen LogP contribution >= 0.6 is 0 Å². The van der Waals surface area contributed by atoms with Crippen LogP contribution in [0.4, 0.5) is 4.79 Å². The Morgan fingerprint density at radius 2 is 1.59 bits per heavy atom. The van der Waals surface area contributed by atoms with Gasteiger partial charge < -0.3 is 25.0 Å². The van der Waals surface area contributed by atoms with Gasteiger partial charge in [0.15, 0.2) is 6.04 Å². The number of carboxylic acids is 1. The van der Waals surface area contributed by atoms with Gasteiger partial charge in [-0.2, -0.15) is 0 Å². The van der Waals surface area contributed by atoms with Crippen molar-refractivity contribution in [2.75, 3.05) is 19.8 Å². The molecule has 2 aromatic carbocycles. The number of carbonyl (C=O) groups excluding carboxylic acids is 1. The van der Waals surface area contributed by atoms with E-state index in [1.54, 1.807) is 20.8 Å². The predicted octanol–water partition coefficient (Wildman–Crippen LogP) is 4.00. The SMILES string of the molecule is Cc1cccc(C[C@@H](CO)[C@H](COCC(NC(=O)OC(C)(C)C)C(=O)O)Cc2ccccc2)c1. The Hall–Kier alpha value is -2.90. The molecule has 0 heterocycles. The summed E-state index contributed by atoms with van der Waals surface area (Å²) in [6.07, 6.45) is 0.546. The summed E-state index contributed by atoms with van der Waals surface area (Å²) in [5, 5.41) is 22.1. The average Bonchev–Trinajstić information content (AvgIpc) is 2.75. The van der Waals surface area contributed by atoms with Crippen molar-refractivity contribution < 1.29 is 29.3 Å². The van der Waals surface area contributed by atoms with E-state index in [0.29, 0.717) is 12.8 Å². The van der Waals surface area contributed by atoms with Gasteiger partial charge in [0, 0.05) is 6.61 Å². The topological polar surface area (TPSA) is 105 Å². The molecule has 3 atom stereocenters. The molecule has 0 fully saturated rings. The lowest BCUT2D eigenvalue weighted by molar-refractivity contribution is -0.141. The molecule has 0 aliphatic heterocycles. The third-order valence-electron chi connectivity index (χ3n) is 5.43. The Labute approximate surface area is 202 Å². The number of hydrogen-bond donors (Lipinski definition) is 3. The minimum Gasteiger partial charge on any atom is -0.480 e. The van der Waals surface area contributed by atoms with Crippen molar-refractivity contribution >= 4 is 12.1 Å². The summed E-state index contributed by atoms with van der Waals surface area (Å²) in [5.41, 5.74) is 2.66. The molecule has 2 aromatic rings. The van der Waals surface area contributed by atoms with Crippen LogP contribution in [-0.2, 0) is 27.1 Å². The van der Waals surface area contributed by atoms with Crippen molar-refractivity contribution in [1.82, 2.24) is 5.32 Å². The molecule has 0 bridgehead atoms. The third-order valence-corrected chi connectivity index (χ3v) is 5.43. The lowest BCUT2D eigenvalue weighted by Crippen LogP contribution is -2.46. The number of aliphatic hydroxyl groups is 1. The average molecular weight is 472 g/mol. The van der Waals surface area contributed by atoms with Crippen molar-refractivity contribution in [3.63, 3.8) is 0 Å². The molecule has 1 amide bonds. The van der Waals surface area contributed by atoms with Crippen LogP contribution < -0.4 is 5.32 Å². The highest BCUT2D eigenvalue weighted by atomic mass is 16.6. The van der Waals surface area contributed by atoms with Gasteiger partial charge in [-0.15, -0.1) is 0 Å². The first-order valence-corrected chi connectivity index (χ1v) is 11.6. The molecular weight excluding hydrogens is 434 g/mol. The summed E-state index contributed by atoms with van der Waals surface area (Å²) >= 11 is 0. The molecule has 0 saturated heterocycles. The Bertz CT molecular complexity index is 909. The standard InChI is InChI=1S/C27H37NO6/c1-19-9-8-12-21(13-19)15-22(16-29)23(14-20-10-6-5-7-11-20)17-33-18-24(25(30)31)28-26(32)34-27(2,3)4/h5-13,22-24,29H,14-18H2,1-4H3,(H,28,32)(H,30,31)/t22-,23-,24?/m0/s1. The summed E-state index contributed by atoms with van der Waals surface area (Å²) < 4.78 is 11.0. The second-order valence-electron chi connectivity index (χ2n) is 9.66. The minimum absolute atomic E-state index is 0.0205. The number of alkyl carbamates (subject to hydrolysis) is 1. The van der Waals surface area contributed by atoms with Crippen LogP contribution in [0.15, 0.2) is 54.6 Å². The van der Waals surface area contributed by atoms with Crippen LogP contribution in [0.5, 0.6) is 0 Å². The largest absolute Gasteiger partial charge is 0.480 e. The fraction of sp³-hybridized carbons (Fsp3) is 0.481. The van der Waals surface area contributed by atoms with E-state index in [-0.39, 0.29) is 31.7 Å². The number of aliphatic hydroxyl groups excluding tert-OH is 1. The molecular formula is C27H37NO6. The van der Waals surface area contributed by atoms with Crippen LogP contribution in [0.2, 0.25) is 0 Å². The minimum atomic E-state index is -1.24. The molecule has 3 N–H and O–H groups in total. The van der Waals surface area contributed by atoms with E-state index < -0.39 is 23.7 Å². The number of nitrogens with one attached hydrogen (secondary N) is 1. The van der Waals surface area contributed by atoms with Gasteiger partial charge in [0.2, 0.25) is 0 Å². The summed E-state index contributed by atoms with van der Waals surface area (Å²) in [6, 6.07) is 16.9. The molecule has 34 heavy (non-hydrogen) atoms. The van der Waals surface area contributed by atoms with Gasteiger partial charge in [0.25, 0.3) is 0 Å². The van der Waals surface area contributed by atoms with Gasteiger partial charge in [-0.1, -0.05) is 60.2 Å². The van der Waals surface area contributed by atoms with Gasteiger partial charge >= 0.3 is 12.1 Å². The molecule has 0 radical (unpaired) electrons. The van der Waals surface area contributed by atoms with Crippen molar-refractivity contribution in [2.24, 2.45) is 11.8 Å². The van der Waals surface area contributed by atoms with Crippen molar-refractivity contribution in [3.8, 4) is 0 Å². The summed E-state index contributed by atoms with van der Waals surface area (Å²) in [4.78, 5) is 23.7. The zero-order valence-electron chi connectivity index (χ0n) is 20.5. The zero-order chi connectivity index (χ0) is 25.1. The van der Waals surface area contributed by atoms with Gasteiger partial charge in [-0.05, 0) is 63.5 Å². The number of benzene rings is 2. The van der Waals surface area contributed by atoms with E-state index in [1.807, 2.05) is 55.5 Å². The normalized spacial score (nSPS) is 14.1. The van der Waals surface area contributed by atoms with E-state index in [2.05, 4.69) is 11.4 Å². The molecule has 0 spiro atoms. The van der Waals surface area contributed by atoms with E-state index in [1.165, 1.54) is 0 Å². The highest BCUT2D eigenvalue weighted by Gasteiger charge is 2.26. The predicted molar refractivity (Wildman–Crippen MR) is 131 cm³/mol. The molecule has 2 rings (SSSR count). The Morgan fingerprint density at radius 3 is 2.18 bits per heavy atom. The van der Waals surface area contributed by atoms with Gasteiger partial charge in [0.05, 0.1) is 13.2 Å². The molecule has 0 aliphatic rings. The van der Waals surface area contributed by atoms with Gasteiger partial charge in [-0.25, -0.2) is 9.59 Å². The van der Waals surface area contributed by atoms with E-state index in [9.17, 15) is 19.8 Å². The number of ether oxygens (including phenoxy) is 2. The van der Waals surface area contributed by atoms with Gasteiger partial charge in [0.1, 0.15) is 5.60 Å². The maximum Gasteiger partial charge on any atom is 0.408 e. The number of aliphatic carboxylic acids is 1. The number of rotatable bonds is 12. The molecule has 186 valence electrons. The lowest BCUT2D eigenvalue weighted by Gasteiger charge is -2.27. The Morgan fingerprint density at radius 1 is 0.941 bits per heavy atom. The second kappa shape index (κ2) is 13.1. The van der Waals surface area contributed by atoms with Gasteiger partial charge in [-0.3, -0.25) is 0 Å². The molecule has 7 nitrogen and oxygen atoms in total.